The van der Waals surface area contributed by atoms with Gasteiger partial charge in [-0.1, -0.05) is 0 Å². The van der Waals surface area contributed by atoms with E-state index in [0.29, 0.717) is 5.92 Å². The molecular formula is C7H10F3NO3. The fourth-order valence-corrected chi connectivity index (χ4v) is 0.793. The fraction of sp³-hybridized carbons (Fsp3) is 0.714. The summed E-state index contributed by atoms with van der Waals surface area (Å²) < 4.78 is 31.7. The Balaban J connectivity index is 0.000000241. The number of aliphatic carboxylic acids is 1. The van der Waals surface area contributed by atoms with Crippen LogP contribution in [-0.4, -0.2) is 36.6 Å². The smallest absolute Gasteiger partial charge is 0.475 e. The van der Waals surface area contributed by atoms with E-state index >= 15 is 0 Å². The number of nitrogens with one attached hydrogen (secondary N) is 1. The van der Waals surface area contributed by atoms with Gasteiger partial charge in [-0.15, -0.1) is 0 Å². The highest BCUT2D eigenvalue weighted by atomic mass is 19.4. The molecule has 0 aliphatic carbocycles. The second-order valence-corrected chi connectivity index (χ2v) is 2.69. The molecule has 2 N–H and O–H groups in total. The van der Waals surface area contributed by atoms with Crippen LogP contribution in [0.3, 0.4) is 0 Å². The molecule has 82 valence electrons. The minimum absolute atomic E-state index is 0.306. The SMILES string of the molecule is O=C(O)C(F)(F)F.O=CC1CCNC1. The minimum Gasteiger partial charge on any atom is -0.475 e. The number of hydrogen-bond acceptors (Lipinski definition) is 3. The van der Waals surface area contributed by atoms with Gasteiger partial charge >= 0.3 is 12.1 Å². The molecule has 4 nitrogen and oxygen atoms in total. The van der Waals surface area contributed by atoms with Crippen LogP contribution < -0.4 is 5.32 Å². The lowest BCUT2D eigenvalue weighted by atomic mass is 10.2. The van der Waals surface area contributed by atoms with Crippen LogP contribution in [0.25, 0.3) is 0 Å². The highest BCUT2D eigenvalue weighted by Crippen LogP contribution is 2.13. The van der Waals surface area contributed by atoms with Crippen molar-refractivity contribution in [3.05, 3.63) is 0 Å². The Bertz CT molecular complexity index is 199. The first-order chi connectivity index (χ1) is 6.38. The molecule has 0 saturated carbocycles. The summed E-state index contributed by atoms with van der Waals surface area (Å²) in [6, 6.07) is 0. The van der Waals surface area contributed by atoms with E-state index in [4.69, 9.17) is 9.90 Å². The molecule has 14 heavy (non-hydrogen) atoms. The zero-order valence-electron chi connectivity index (χ0n) is 7.17. The number of aldehydes is 1. The van der Waals surface area contributed by atoms with Gasteiger partial charge in [0.05, 0.1) is 0 Å². The van der Waals surface area contributed by atoms with Crippen molar-refractivity contribution in [3.8, 4) is 0 Å². The summed E-state index contributed by atoms with van der Waals surface area (Å²) >= 11 is 0. The summed E-state index contributed by atoms with van der Waals surface area (Å²) in [4.78, 5) is 18.9. The highest BCUT2D eigenvalue weighted by molar-refractivity contribution is 5.73. The van der Waals surface area contributed by atoms with Crippen molar-refractivity contribution >= 4 is 12.3 Å². The van der Waals surface area contributed by atoms with Crippen molar-refractivity contribution in [2.75, 3.05) is 13.1 Å². The van der Waals surface area contributed by atoms with Crippen LogP contribution >= 0.6 is 0 Å². The Morgan fingerprint density at radius 3 is 2.14 bits per heavy atom. The topological polar surface area (TPSA) is 66.4 Å². The number of halogens is 3. The zero-order valence-corrected chi connectivity index (χ0v) is 7.17. The van der Waals surface area contributed by atoms with Crippen LogP contribution in [0.5, 0.6) is 0 Å². The monoisotopic (exact) mass is 213 g/mol. The average Bonchev–Trinajstić information content (AvgIpc) is 2.54. The van der Waals surface area contributed by atoms with E-state index < -0.39 is 12.1 Å². The first-order valence-corrected chi connectivity index (χ1v) is 3.84. The maximum absolute atomic E-state index is 10.6. The van der Waals surface area contributed by atoms with Crippen molar-refractivity contribution in [1.82, 2.24) is 5.32 Å². The predicted octanol–water partition coefficient (Wildman–Crippen LogP) is 0.428. The standard InChI is InChI=1S/C5H9NO.C2HF3O2/c7-4-5-1-2-6-3-5;3-2(4,5)1(6)7/h4-6H,1-3H2;(H,6,7). The largest absolute Gasteiger partial charge is 0.490 e. The Kier molecular flexibility index (Phi) is 5.14. The Labute approximate surface area is 78.1 Å². The summed E-state index contributed by atoms with van der Waals surface area (Å²) in [5, 5.41) is 10.2. The zero-order chi connectivity index (χ0) is 11.2. The molecule has 1 saturated heterocycles. The molecule has 0 aromatic heterocycles. The number of carboxylic acid groups (broad SMARTS) is 1. The molecule has 1 rings (SSSR count). The lowest BCUT2D eigenvalue weighted by Crippen LogP contribution is -2.21. The Morgan fingerprint density at radius 2 is 2.00 bits per heavy atom. The van der Waals surface area contributed by atoms with Crippen molar-refractivity contribution in [2.45, 2.75) is 12.6 Å². The first kappa shape index (κ1) is 12.9. The van der Waals surface area contributed by atoms with Gasteiger partial charge in [0.25, 0.3) is 0 Å². The van der Waals surface area contributed by atoms with E-state index in [1.54, 1.807) is 0 Å². The van der Waals surface area contributed by atoms with Crippen LogP contribution in [0, 0.1) is 5.92 Å². The number of rotatable bonds is 1. The van der Waals surface area contributed by atoms with Gasteiger partial charge in [0.2, 0.25) is 0 Å². The van der Waals surface area contributed by atoms with E-state index in [1.165, 1.54) is 0 Å². The molecule has 0 amide bonds. The van der Waals surface area contributed by atoms with Gasteiger partial charge in [-0.3, -0.25) is 0 Å². The molecule has 0 aromatic carbocycles. The lowest BCUT2D eigenvalue weighted by molar-refractivity contribution is -0.192. The first-order valence-electron chi connectivity index (χ1n) is 3.84. The molecule has 1 heterocycles. The second kappa shape index (κ2) is 5.58. The van der Waals surface area contributed by atoms with Gasteiger partial charge in [0.1, 0.15) is 6.29 Å². The lowest BCUT2D eigenvalue weighted by Gasteiger charge is -1.93. The third-order valence-corrected chi connectivity index (χ3v) is 1.53. The molecule has 0 spiro atoms. The molecule has 0 aromatic rings. The number of hydrogen-bond donors (Lipinski definition) is 2. The normalized spacial score (nSPS) is 20.9. The molecule has 1 unspecified atom stereocenters. The second-order valence-electron chi connectivity index (χ2n) is 2.69. The van der Waals surface area contributed by atoms with Crippen LogP contribution in [-0.2, 0) is 9.59 Å². The molecule has 1 aliphatic heterocycles. The molecular weight excluding hydrogens is 203 g/mol. The number of carbonyl (C=O) groups is 2. The van der Waals surface area contributed by atoms with E-state index in [0.717, 1.165) is 25.8 Å². The van der Waals surface area contributed by atoms with Crippen molar-refractivity contribution in [2.24, 2.45) is 5.92 Å². The van der Waals surface area contributed by atoms with Crippen molar-refractivity contribution in [3.63, 3.8) is 0 Å². The quantitative estimate of drug-likeness (QED) is 0.620. The molecule has 1 fully saturated rings. The van der Waals surface area contributed by atoms with Gasteiger partial charge in [-0.25, -0.2) is 4.79 Å². The van der Waals surface area contributed by atoms with Gasteiger partial charge in [0.15, 0.2) is 0 Å². The molecule has 1 atom stereocenters. The maximum atomic E-state index is 10.6. The van der Waals surface area contributed by atoms with E-state index in [9.17, 15) is 18.0 Å². The van der Waals surface area contributed by atoms with E-state index in [-0.39, 0.29) is 0 Å². The predicted molar refractivity (Wildman–Crippen MR) is 40.7 cm³/mol. The van der Waals surface area contributed by atoms with E-state index in [1.807, 2.05) is 0 Å². The van der Waals surface area contributed by atoms with Gasteiger partial charge < -0.3 is 15.2 Å². The molecule has 0 bridgehead atoms. The van der Waals surface area contributed by atoms with Crippen LogP contribution in [0.1, 0.15) is 6.42 Å². The fourth-order valence-electron chi connectivity index (χ4n) is 0.793. The van der Waals surface area contributed by atoms with Gasteiger partial charge in [0, 0.05) is 12.5 Å². The average molecular weight is 213 g/mol. The van der Waals surface area contributed by atoms with E-state index in [2.05, 4.69) is 5.32 Å². The molecule has 1 aliphatic rings. The number of carboxylic acids is 1. The number of carbonyl (C=O) groups excluding carboxylic acids is 1. The van der Waals surface area contributed by atoms with Crippen molar-refractivity contribution < 1.29 is 27.9 Å². The summed E-state index contributed by atoms with van der Waals surface area (Å²) in [5.74, 6) is -2.45. The molecule has 0 radical (unpaired) electrons. The molecule has 7 heteroatoms. The summed E-state index contributed by atoms with van der Waals surface area (Å²) in [6.07, 6.45) is -3.02. The highest BCUT2D eigenvalue weighted by Gasteiger charge is 2.38. The maximum Gasteiger partial charge on any atom is 0.490 e. The van der Waals surface area contributed by atoms with Crippen molar-refractivity contribution in [1.29, 1.82) is 0 Å². The van der Waals surface area contributed by atoms with Gasteiger partial charge in [-0.2, -0.15) is 13.2 Å². The summed E-state index contributed by atoms with van der Waals surface area (Å²) in [6.45, 7) is 1.91. The van der Waals surface area contributed by atoms with Crippen LogP contribution in [0.15, 0.2) is 0 Å². The Hall–Kier alpha value is -1.11. The van der Waals surface area contributed by atoms with Crippen LogP contribution in [0.2, 0.25) is 0 Å². The number of alkyl halides is 3. The summed E-state index contributed by atoms with van der Waals surface area (Å²) in [7, 11) is 0. The minimum atomic E-state index is -5.08. The van der Waals surface area contributed by atoms with Gasteiger partial charge in [-0.05, 0) is 13.0 Å². The van der Waals surface area contributed by atoms with Crippen LogP contribution in [0.4, 0.5) is 13.2 Å². The Morgan fingerprint density at radius 1 is 1.50 bits per heavy atom. The third-order valence-electron chi connectivity index (χ3n) is 1.53. The third kappa shape index (κ3) is 5.52. The summed E-state index contributed by atoms with van der Waals surface area (Å²) in [5.41, 5.74) is 0.